The summed E-state index contributed by atoms with van der Waals surface area (Å²) >= 11 is 0. The molecule has 0 N–H and O–H groups in total. The molecular formula is C17H18FN. The number of anilines is 1. The van der Waals surface area contributed by atoms with Gasteiger partial charge in [0, 0.05) is 18.3 Å². The van der Waals surface area contributed by atoms with Crippen LogP contribution in [0.3, 0.4) is 0 Å². The molecule has 1 saturated heterocycles. The van der Waals surface area contributed by atoms with E-state index in [0.717, 1.165) is 13.0 Å². The lowest BCUT2D eigenvalue weighted by atomic mass is 10.0. The van der Waals surface area contributed by atoms with Crippen molar-refractivity contribution in [3.63, 3.8) is 0 Å². The quantitative estimate of drug-likeness (QED) is 0.800. The van der Waals surface area contributed by atoms with Gasteiger partial charge in [0.15, 0.2) is 0 Å². The average Bonchev–Trinajstić information content (AvgIpc) is 2.90. The molecule has 1 aliphatic rings. The summed E-state index contributed by atoms with van der Waals surface area (Å²) < 4.78 is 12.9. The van der Waals surface area contributed by atoms with E-state index in [1.807, 2.05) is 12.1 Å². The smallest absolute Gasteiger partial charge is 0.123 e. The first-order valence-electron chi connectivity index (χ1n) is 6.89. The Bertz CT molecular complexity index is 521. The van der Waals surface area contributed by atoms with E-state index in [1.54, 1.807) is 12.1 Å². The van der Waals surface area contributed by atoms with Gasteiger partial charge in [-0.3, -0.25) is 0 Å². The number of hydrogen-bond acceptors (Lipinski definition) is 1. The second-order valence-electron chi connectivity index (χ2n) is 5.16. The molecule has 98 valence electrons. The molecule has 0 saturated carbocycles. The molecule has 1 fully saturated rings. The van der Waals surface area contributed by atoms with Crippen LogP contribution in [0.5, 0.6) is 0 Å². The predicted molar refractivity (Wildman–Crippen MR) is 76.9 cm³/mol. The van der Waals surface area contributed by atoms with Crippen LogP contribution in [0.15, 0.2) is 54.6 Å². The lowest BCUT2D eigenvalue weighted by Gasteiger charge is -2.27. The molecule has 19 heavy (non-hydrogen) atoms. The molecule has 0 radical (unpaired) electrons. The molecule has 0 bridgehead atoms. The lowest BCUT2D eigenvalue weighted by Crippen LogP contribution is -2.30. The van der Waals surface area contributed by atoms with Gasteiger partial charge in [-0.15, -0.1) is 0 Å². The first-order valence-corrected chi connectivity index (χ1v) is 6.89. The van der Waals surface area contributed by atoms with Crippen molar-refractivity contribution in [2.24, 2.45) is 0 Å². The minimum Gasteiger partial charge on any atom is -0.368 e. The Morgan fingerprint density at radius 3 is 2.47 bits per heavy atom. The van der Waals surface area contributed by atoms with Crippen LogP contribution >= 0.6 is 0 Å². The molecule has 2 heteroatoms. The standard InChI is InChI=1S/C17H18FN/c18-15-10-8-14(9-11-15)13-17-7-4-12-19(17)16-5-2-1-3-6-16/h1-3,5-6,8-11,17H,4,7,12-13H2. The Kier molecular flexibility index (Phi) is 3.49. The van der Waals surface area contributed by atoms with Gasteiger partial charge < -0.3 is 4.90 Å². The maximum atomic E-state index is 12.9. The van der Waals surface area contributed by atoms with Crippen LogP contribution in [0.1, 0.15) is 18.4 Å². The molecule has 1 nitrogen and oxygen atoms in total. The minimum absolute atomic E-state index is 0.157. The first kappa shape index (κ1) is 12.2. The summed E-state index contributed by atoms with van der Waals surface area (Å²) in [6, 6.07) is 18.0. The zero-order chi connectivity index (χ0) is 13.1. The first-order chi connectivity index (χ1) is 9.33. The molecule has 1 unspecified atom stereocenters. The third-order valence-corrected chi connectivity index (χ3v) is 3.85. The van der Waals surface area contributed by atoms with Gasteiger partial charge in [-0.25, -0.2) is 4.39 Å². The van der Waals surface area contributed by atoms with E-state index < -0.39 is 0 Å². The molecule has 0 aromatic heterocycles. The fourth-order valence-electron chi connectivity index (χ4n) is 2.90. The van der Waals surface area contributed by atoms with Gasteiger partial charge in [0.05, 0.1) is 0 Å². The van der Waals surface area contributed by atoms with Gasteiger partial charge in [0.25, 0.3) is 0 Å². The summed E-state index contributed by atoms with van der Waals surface area (Å²) in [4.78, 5) is 2.48. The summed E-state index contributed by atoms with van der Waals surface area (Å²) in [7, 11) is 0. The highest BCUT2D eigenvalue weighted by molar-refractivity contribution is 5.48. The molecular weight excluding hydrogens is 237 g/mol. The highest BCUT2D eigenvalue weighted by atomic mass is 19.1. The molecule has 1 heterocycles. The second-order valence-corrected chi connectivity index (χ2v) is 5.16. The number of rotatable bonds is 3. The van der Waals surface area contributed by atoms with Crippen LogP contribution in [-0.2, 0) is 6.42 Å². The highest BCUT2D eigenvalue weighted by Gasteiger charge is 2.24. The predicted octanol–water partition coefficient (Wildman–Crippen LogP) is 4.04. The minimum atomic E-state index is -0.157. The third kappa shape index (κ3) is 2.78. The molecule has 0 amide bonds. The van der Waals surface area contributed by atoms with Gasteiger partial charge in [-0.2, -0.15) is 0 Å². The monoisotopic (exact) mass is 255 g/mol. The van der Waals surface area contributed by atoms with Crippen molar-refractivity contribution in [3.05, 3.63) is 66.0 Å². The largest absolute Gasteiger partial charge is 0.368 e. The molecule has 2 aromatic rings. The molecule has 1 aliphatic heterocycles. The second kappa shape index (κ2) is 5.43. The molecule has 2 aromatic carbocycles. The van der Waals surface area contributed by atoms with E-state index in [0.29, 0.717) is 6.04 Å². The fourth-order valence-corrected chi connectivity index (χ4v) is 2.90. The van der Waals surface area contributed by atoms with E-state index >= 15 is 0 Å². The summed E-state index contributed by atoms with van der Waals surface area (Å²) in [6.45, 7) is 1.12. The van der Waals surface area contributed by atoms with E-state index in [-0.39, 0.29) is 5.82 Å². The van der Waals surface area contributed by atoms with Crippen molar-refractivity contribution in [2.45, 2.75) is 25.3 Å². The maximum Gasteiger partial charge on any atom is 0.123 e. The maximum absolute atomic E-state index is 12.9. The lowest BCUT2D eigenvalue weighted by molar-refractivity contribution is 0.623. The highest BCUT2D eigenvalue weighted by Crippen LogP contribution is 2.27. The zero-order valence-corrected chi connectivity index (χ0v) is 10.9. The molecule has 1 atom stereocenters. The average molecular weight is 255 g/mol. The molecule has 0 spiro atoms. The third-order valence-electron chi connectivity index (χ3n) is 3.85. The van der Waals surface area contributed by atoms with Gasteiger partial charge in [-0.1, -0.05) is 30.3 Å². The Labute approximate surface area is 113 Å². The van der Waals surface area contributed by atoms with Crippen LogP contribution in [0, 0.1) is 5.82 Å². The van der Waals surface area contributed by atoms with Crippen LogP contribution in [0.2, 0.25) is 0 Å². The number of hydrogen-bond donors (Lipinski definition) is 0. The van der Waals surface area contributed by atoms with Gasteiger partial charge >= 0.3 is 0 Å². The number of benzene rings is 2. The van der Waals surface area contributed by atoms with E-state index in [1.165, 1.54) is 24.1 Å². The van der Waals surface area contributed by atoms with Gasteiger partial charge in [0.2, 0.25) is 0 Å². The van der Waals surface area contributed by atoms with Crippen molar-refractivity contribution in [3.8, 4) is 0 Å². The van der Waals surface area contributed by atoms with Gasteiger partial charge in [-0.05, 0) is 49.1 Å². The van der Waals surface area contributed by atoms with Crippen molar-refractivity contribution in [1.82, 2.24) is 0 Å². The topological polar surface area (TPSA) is 3.24 Å². The van der Waals surface area contributed by atoms with Crippen LogP contribution in [0.4, 0.5) is 10.1 Å². The zero-order valence-electron chi connectivity index (χ0n) is 10.9. The van der Waals surface area contributed by atoms with Crippen molar-refractivity contribution >= 4 is 5.69 Å². The Balaban J connectivity index is 1.75. The van der Waals surface area contributed by atoms with Gasteiger partial charge in [0.1, 0.15) is 5.82 Å². The van der Waals surface area contributed by atoms with Crippen LogP contribution < -0.4 is 4.90 Å². The van der Waals surface area contributed by atoms with Crippen molar-refractivity contribution in [2.75, 3.05) is 11.4 Å². The Morgan fingerprint density at radius 1 is 1.00 bits per heavy atom. The van der Waals surface area contributed by atoms with Crippen LogP contribution in [0.25, 0.3) is 0 Å². The van der Waals surface area contributed by atoms with E-state index in [4.69, 9.17) is 0 Å². The molecule has 3 rings (SSSR count). The van der Waals surface area contributed by atoms with Crippen molar-refractivity contribution < 1.29 is 4.39 Å². The van der Waals surface area contributed by atoms with E-state index in [2.05, 4.69) is 35.2 Å². The Hall–Kier alpha value is -1.83. The normalized spacial score (nSPS) is 18.8. The molecule has 0 aliphatic carbocycles. The SMILES string of the molecule is Fc1ccc(CC2CCCN2c2ccccc2)cc1. The fraction of sp³-hybridized carbons (Fsp3) is 0.294. The summed E-state index contributed by atoms with van der Waals surface area (Å²) in [6.07, 6.45) is 3.45. The summed E-state index contributed by atoms with van der Waals surface area (Å²) in [5.74, 6) is -0.157. The Morgan fingerprint density at radius 2 is 1.74 bits per heavy atom. The van der Waals surface area contributed by atoms with Crippen molar-refractivity contribution in [1.29, 1.82) is 0 Å². The number of nitrogens with zero attached hydrogens (tertiary/aromatic N) is 1. The number of para-hydroxylation sites is 1. The summed E-state index contributed by atoms with van der Waals surface area (Å²) in [5, 5.41) is 0. The van der Waals surface area contributed by atoms with Crippen LogP contribution in [-0.4, -0.2) is 12.6 Å². The summed E-state index contributed by atoms with van der Waals surface area (Å²) in [5.41, 5.74) is 2.52. The number of halogens is 1. The van der Waals surface area contributed by atoms with E-state index in [9.17, 15) is 4.39 Å².